The molecule has 0 radical (unpaired) electrons. The molecule has 0 amide bonds. The zero-order valence-electron chi connectivity index (χ0n) is 26.5. The first-order chi connectivity index (χ1) is 23.1. The molecule has 0 aliphatic heterocycles. The minimum atomic E-state index is 1.13. The lowest BCUT2D eigenvalue weighted by molar-refractivity contribution is 1.29. The Hall–Kier alpha value is -5.92. The Balaban J connectivity index is 1.27. The average Bonchev–Trinajstić information content (AvgIpc) is 3.11. The van der Waals surface area contributed by atoms with Gasteiger partial charge in [-0.1, -0.05) is 139 Å². The molecule has 1 nitrogen and oxygen atoms in total. The van der Waals surface area contributed by atoms with Gasteiger partial charge in [-0.05, 0) is 110 Å². The van der Waals surface area contributed by atoms with Crippen molar-refractivity contribution < 1.29 is 0 Å². The fraction of sp³-hybridized carbons (Fsp3) is 0.0435. The van der Waals surface area contributed by atoms with E-state index in [1.165, 1.54) is 81.8 Å². The van der Waals surface area contributed by atoms with Crippen LogP contribution in [0.15, 0.2) is 152 Å². The van der Waals surface area contributed by atoms with Crippen molar-refractivity contribution in [1.29, 1.82) is 0 Å². The van der Waals surface area contributed by atoms with Crippen LogP contribution in [-0.2, 0) is 0 Å². The van der Waals surface area contributed by atoms with Gasteiger partial charge in [-0.25, -0.2) is 0 Å². The van der Waals surface area contributed by atoms with Crippen molar-refractivity contribution in [3.8, 4) is 0 Å². The van der Waals surface area contributed by atoms with E-state index in [1.54, 1.807) is 0 Å². The molecule has 0 unspecified atom stereocenters. The molecule has 0 bridgehead atoms. The monoisotopic (exact) mass is 599 g/mol. The van der Waals surface area contributed by atoms with Crippen LogP contribution in [0.5, 0.6) is 0 Å². The topological polar surface area (TPSA) is 3.24 Å². The fourth-order valence-electron chi connectivity index (χ4n) is 7.37. The van der Waals surface area contributed by atoms with E-state index in [0.717, 1.165) is 11.4 Å². The molecular formula is C46H33N. The Bertz CT molecular complexity index is 2610. The van der Waals surface area contributed by atoms with E-state index in [-0.39, 0.29) is 0 Å². The van der Waals surface area contributed by atoms with E-state index in [2.05, 4.69) is 183 Å². The van der Waals surface area contributed by atoms with Crippen LogP contribution in [0.2, 0.25) is 0 Å². The lowest BCUT2D eigenvalue weighted by Crippen LogP contribution is -2.10. The molecule has 0 aromatic heterocycles. The Labute approximate surface area is 275 Å². The molecule has 0 atom stereocenters. The van der Waals surface area contributed by atoms with Crippen LogP contribution in [0.4, 0.5) is 17.1 Å². The Morgan fingerprint density at radius 3 is 1.66 bits per heavy atom. The lowest BCUT2D eigenvalue weighted by Gasteiger charge is -2.28. The Morgan fingerprint density at radius 2 is 0.915 bits per heavy atom. The first kappa shape index (κ1) is 27.4. The van der Waals surface area contributed by atoms with E-state index >= 15 is 0 Å². The molecule has 9 aromatic rings. The number of hydrogen-bond donors (Lipinski definition) is 0. The van der Waals surface area contributed by atoms with Gasteiger partial charge in [0.1, 0.15) is 0 Å². The third-order valence-corrected chi connectivity index (χ3v) is 9.69. The summed E-state index contributed by atoms with van der Waals surface area (Å²) in [6.07, 6.45) is 4.37. The van der Waals surface area contributed by atoms with Crippen LogP contribution in [-0.4, -0.2) is 0 Å². The maximum Gasteiger partial charge on any atom is 0.0540 e. The minimum absolute atomic E-state index is 1.13. The summed E-state index contributed by atoms with van der Waals surface area (Å²) in [6, 6.07) is 55.9. The van der Waals surface area contributed by atoms with Crippen molar-refractivity contribution in [3.05, 3.63) is 174 Å². The van der Waals surface area contributed by atoms with Gasteiger partial charge in [-0.15, -0.1) is 0 Å². The van der Waals surface area contributed by atoms with Crippen molar-refractivity contribution in [2.24, 2.45) is 0 Å². The molecule has 0 heterocycles. The SMILES string of the molecule is Cc1ccc(C=Cc2ccc(N(c3ccc(C)cc3)c3ccc4c5cccc6cc7ccccc7c(c7cccc3c47)c65)cc2)cc1. The number of fused-ring (bicyclic) bond motifs is 4. The van der Waals surface area contributed by atoms with Gasteiger partial charge in [-0.2, -0.15) is 0 Å². The van der Waals surface area contributed by atoms with E-state index in [4.69, 9.17) is 0 Å². The first-order valence-corrected chi connectivity index (χ1v) is 16.3. The van der Waals surface area contributed by atoms with Crippen molar-refractivity contribution in [2.75, 3.05) is 4.90 Å². The molecule has 0 spiro atoms. The van der Waals surface area contributed by atoms with Crippen molar-refractivity contribution >= 4 is 83.1 Å². The standard InChI is InChI=1S/C46H33N/c1-30-13-17-32(18-14-30)19-20-33-21-25-37(26-22-33)47(36-23-15-31(2)16-24-36)43-28-27-40-39-10-5-8-35-29-34-7-3-4-9-38(34)46(44(35)39)42-12-6-11-41(43)45(40)42/h3-29H,1-2H3. The second kappa shape index (κ2) is 10.9. The normalized spacial score (nSPS) is 12.0. The molecule has 9 rings (SSSR count). The summed E-state index contributed by atoms with van der Waals surface area (Å²) in [7, 11) is 0. The number of aryl methyl sites for hydroxylation is 2. The van der Waals surface area contributed by atoms with E-state index < -0.39 is 0 Å². The van der Waals surface area contributed by atoms with Gasteiger partial charge in [0.05, 0.1) is 5.69 Å². The third-order valence-electron chi connectivity index (χ3n) is 9.69. The lowest BCUT2D eigenvalue weighted by atomic mass is 9.86. The molecule has 1 heteroatoms. The second-order valence-electron chi connectivity index (χ2n) is 12.7. The second-order valence-corrected chi connectivity index (χ2v) is 12.7. The third kappa shape index (κ3) is 4.55. The summed E-state index contributed by atoms with van der Waals surface area (Å²) >= 11 is 0. The van der Waals surface area contributed by atoms with Gasteiger partial charge in [0, 0.05) is 16.8 Å². The highest BCUT2D eigenvalue weighted by Gasteiger charge is 2.20. The number of benzene rings is 9. The summed E-state index contributed by atoms with van der Waals surface area (Å²) in [5.74, 6) is 0. The van der Waals surface area contributed by atoms with E-state index in [0.29, 0.717) is 0 Å². The molecule has 0 saturated heterocycles. The Morgan fingerprint density at radius 1 is 0.383 bits per heavy atom. The summed E-state index contributed by atoms with van der Waals surface area (Å²) in [5.41, 5.74) is 8.35. The number of nitrogens with zero attached hydrogens (tertiary/aromatic N) is 1. The summed E-state index contributed by atoms with van der Waals surface area (Å²) in [4.78, 5) is 2.41. The molecule has 0 aliphatic carbocycles. The van der Waals surface area contributed by atoms with Crippen LogP contribution >= 0.6 is 0 Å². The molecular weight excluding hydrogens is 567 g/mol. The summed E-state index contributed by atoms with van der Waals surface area (Å²) < 4.78 is 0. The van der Waals surface area contributed by atoms with Gasteiger partial charge >= 0.3 is 0 Å². The van der Waals surface area contributed by atoms with Gasteiger partial charge in [0.25, 0.3) is 0 Å². The molecule has 0 N–H and O–H groups in total. The largest absolute Gasteiger partial charge is 0.310 e. The maximum atomic E-state index is 2.41. The van der Waals surface area contributed by atoms with Gasteiger partial charge in [0.2, 0.25) is 0 Å². The fourth-order valence-corrected chi connectivity index (χ4v) is 7.37. The average molecular weight is 600 g/mol. The van der Waals surface area contributed by atoms with E-state index in [9.17, 15) is 0 Å². The number of anilines is 3. The quantitative estimate of drug-likeness (QED) is 0.108. The van der Waals surface area contributed by atoms with Crippen LogP contribution in [0.1, 0.15) is 22.3 Å². The van der Waals surface area contributed by atoms with Crippen molar-refractivity contribution in [3.63, 3.8) is 0 Å². The Kier molecular flexibility index (Phi) is 6.33. The molecule has 9 aromatic carbocycles. The highest BCUT2D eigenvalue weighted by atomic mass is 15.1. The first-order valence-electron chi connectivity index (χ1n) is 16.3. The smallest absolute Gasteiger partial charge is 0.0540 e. The van der Waals surface area contributed by atoms with Crippen LogP contribution < -0.4 is 4.90 Å². The van der Waals surface area contributed by atoms with E-state index in [1.807, 2.05) is 0 Å². The van der Waals surface area contributed by atoms with Gasteiger partial charge < -0.3 is 4.90 Å². The van der Waals surface area contributed by atoms with Crippen LogP contribution in [0.3, 0.4) is 0 Å². The summed E-state index contributed by atoms with van der Waals surface area (Å²) in [6.45, 7) is 4.27. The van der Waals surface area contributed by atoms with Gasteiger partial charge in [0.15, 0.2) is 0 Å². The zero-order valence-corrected chi connectivity index (χ0v) is 26.5. The molecule has 47 heavy (non-hydrogen) atoms. The predicted molar refractivity (Wildman–Crippen MR) is 205 cm³/mol. The molecule has 222 valence electrons. The molecule has 0 saturated carbocycles. The molecule has 0 fully saturated rings. The van der Waals surface area contributed by atoms with Crippen molar-refractivity contribution in [1.82, 2.24) is 0 Å². The molecule has 0 aliphatic rings. The van der Waals surface area contributed by atoms with Crippen LogP contribution in [0, 0.1) is 13.8 Å². The van der Waals surface area contributed by atoms with Crippen LogP contribution in [0.25, 0.3) is 66.0 Å². The highest BCUT2D eigenvalue weighted by molar-refractivity contribution is 6.38. The summed E-state index contributed by atoms with van der Waals surface area (Å²) in [5, 5.41) is 13.1. The zero-order chi connectivity index (χ0) is 31.5. The van der Waals surface area contributed by atoms with Gasteiger partial charge in [-0.3, -0.25) is 0 Å². The number of hydrogen-bond acceptors (Lipinski definition) is 1. The number of rotatable bonds is 5. The minimum Gasteiger partial charge on any atom is -0.310 e. The van der Waals surface area contributed by atoms with Crippen molar-refractivity contribution in [2.45, 2.75) is 13.8 Å². The highest BCUT2D eigenvalue weighted by Crippen LogP contribution is 2.47. The predicted octanol–water partition coefficient (Wildman–Crippen LogP) is 13.1. The maximum absolute atomic E-state index is 2.41.